The highest BCUT2D eigenvalue weighted by atomic mass is 15.3. The van der Waals surface area contributed by atoms with E-state index in [1.807, 2.05) is 25.1 Å². The quantitative estimate of drug-likeness (QED) is 0.847. The zero-order valence-electron chi connectivity index (χ0n) is 15.3. The summed E-state index contributed by atoms with van der Waals surface area (Å²) in [6.45, 7) is 5.43. The molecule has 0 bridgehead atoms. The molecule has 1 unspecified atom stereocenters. The van der Waals surface area contributed by atoms with E-state index in [0.29, 0.717) is 17.3 Å². The number of rotatable bonds is 4. The average Bonchev–Trinajstić information content (AvgIpc) is 2.67. The monoisotopic (exact) mass is 353 g/mol. The van der Waals surface area contributed by atoms with Crippen molar-refractivity contribution in [1.82, 2.24) is 24.8 Å². The summed E-state index contributed by atoms with van der Waals surface area (Å²) in [5.74, 6) is 2.33. The number of nitrogen functional groups attached to an aromatic ring is 1. The van der Waals surface area contributed by atoms with Crippen molar-refractivity contribution in [3.05, 3.63) is 29.7 Å². The fraction of sp³-hybridized carbons (Fsp3) is 0.471. The van der Waals surface area contributed by atoms with Crippen molar-refractivity contribution in [3.8, 4) is 6.07 Å². The van der Waals surface area contributed by atoms with Crippen molar-refractivity contribution in [3.63, 3.8) is 0 Å². The maximum Gasteiger partial charge on any atom is 0.229 e. The SMILES string of the molecule is CC(c1nc(N)nc(N(C)C)n1)N1CCN(c2cc(C#N)ccn2)CC1. The third-order valence-corrected chi connectivity index (χ3v) is 4.49. The van der Waals surface area contributed by atoms with Crippen molar-refractivity contribution in [2.75, 3.05) is 55.8 Å². The van der Waals surface area contributed by atoms with Crippen LogP contribution in [0, 0.1) is 11.3 Å². The van der Waals surface area contributed by atoms with Gasteiger partial charge in [0.25, 0.3) is 0 Å². The molecule has 3 heterocycles. The third-order valence-electron chi connectivity index (χ3n) is 4.49. The molecule has 1 atom stereocenters. The lowest BCUT2D eigenvalue weighted by Crippen LogP contribution is -2.47. The Kier molecular flexibility index (Phi) is 5.14. The minimum Gasteiger partial charge on any atom is -0.368 e. The summed E-state index contributed by atoms with van der Waals surface area (Å²) < 4.78 is 0. The van der Waals surface area contributed by atoms with Gasteiger partial charge in [-0.1, -0.05) is 0 Å². The van der Waals surface area contributed by atoms with Crippen molar-refractivity contribution in [1.29, 1.82) is 5.26 Å². The molecule has 9 nitrogen and oxygen atoms in total. The zero-order chi connectivity index (χ0) is 18.7. The summed E-state index contributed by atoms with van der Waals surface area (Å²) >= 11 is 0. The largest absolute Gasteiger partial charge is 0.368 e. The van der Waals surface area contributed by atoms with Crippen molar-refractivity contribution < 1.29 is 0 Å². The second-order valence-electron chi connectivity index (χ2n) is 6.46. The molecule has 26 heavy (non-hydrogen) atoms. The van der Waals surface area contributed by atoms with Gasteiger partial charge in [-0.2, -0.15) is 20.2 Å². The standard InChI is InChI=1S/C17H23N9/c1-12(15-21-16(19)23-17(22-15)24(2)3)25-6-8-26(9-7-25)14-10-13(11-18)4-5-20-14/h4-5,10,12H,6-9H2,1-3H3,(H2,19,21,22,23). The summed E-state index contributed by atoms with van der Waals surface area (Å²) in [6, 6.07) is 5.75. The first-order chi connectivity index (χ1) is 12.5. The summed E-state index contributed by atoms with van der Waals surface area (Å²) in [4.78, 5) is 23.7. The molecule has 0 spiro atoms. The topological polar surface area (TPSA) is 111 Å². The normalized spacial score (nSPS) is 16.2. The van der Waals surface area contributed by atoms with Gasteiger partial charge in [-0.15, -0.1) is 0 Å². The maximum absolute atomic E-state index is 9.05. The summed E-state index contributed by atoms with van der Waals surface area (Å²) in [6.07, 6.45) is 1.68. The molecule has 2 N–H and O–H groups in total. The molecule has 2 aromatic rings. The molecule has 0 aliphatic carbocycles. The fourth-order valence-electron chi connectivity index (χ4n) is 2.95. The van der Waals surface area contributed by atoms with Crippen LogP contribution in [0.25, 0.3) is 0 Å². The van der Waals surface area contributed by atoms with E-state index in [-0.39, 0.29) is 12.0 Å². The molecule has 2 aromatic heterocycles. The van der Waals surface area contributed by atoms with E-state index in [1.54, 1.807) is 12.3 Å². The number of aromatic nitrogens is 4. The predicted molar refractivity (Wildman–Crippen MR) is 99.7 cm³/mol. The first-order valence-electron chi connectivity index (χ1n) is 8.52. The van der Waals surface area contributed by atoms with Gasteiger partial charge in [0.15, 0.2) is 5.82 Å². The van der Waals surface area contributed by atoms with Crippen LogP contribution >= 0.6 is 0 Å². The Morgan fingerprint density at radius 2 is 1.92 bits per heavy atom. The number of nitrogens with zero attached hydrogens (tertiary/aromatic N) is 8. The lowest BCUT2D eigenvalue weighted by atomic mass is 10.2. The fourth-order valence-corrected chi connectivity index (χ4v) is 2.95. The highest BCUT2D eigenvalue weighted by molar-refractivity contribution is 5.45. The Bertz CT molecular complexity index is 806. The summed E-state index contributed by atoms with van der Waals surface area (Å²) in [5.41, 5.74) is 6.47. The number of anilines is 3. The first-order valence-corrected chi connectivity index (χ1v) is 8.52. The minimum absolute atomic E-state index is 0.0413. The lowest BCUT2D eigenvalue weighted by molar-refractivity contribution is 0.191. The van der Waals surface area contributed by atoms with Crippen LogP contribution in [-0.4, -0.2) is 65.1 Å². The average molecular weight is 353 g/mol. The molecule has 0 radical (unpaired) electrons. The molecule has 0 amide bonds. The Balaban J connectivity index is 1.69. The first kappa shape index (κ1) is 17.8. The maximum atomic E-state index is 9.05. The van der Waals surface area contributed by atoms with Gasteiger partial charge in [0.1, 0.15) is 5.82 Å². The van der Waals surface area contributed by atoms with E-state index in [0.717, 1.165) is 32.0 Å². The van der Waals surface area contributed by atoms with E-state index >= 15 is 0 Å². The number of nitriles is 1. The minimum atomic E-state index is 0.0413. The lowest BCUT2D eigenvalue weighted by Gasteiger charge is -2.38. The van der Waals surface area contributed by atoms with Gasteiger partial charge in [-0.05, 0) is 19.1 Å². The van der Waals surface area contributed by atoms with Crippen molar-refractivity contribution in [2.45, 2.75) is 13.0 Å². The smallest absolute Gasteiger partial charge is 0.229 e. The van der Waals surface area contributed by atoms with Crippen molar-refractivity contribution in [2.24, 2.45) is 0 Å². The van der Waals surface area contributed by atoms with Crippen LogP contribution in [0.4, 0.5) is 17.7 Å². The zero-order valence-corrected chi connectivity index (χ0v) is 15.3. The van der Waals surface area contributed by atoms with Gasteiger partial charge in [0.2, 0.25) is 11.9 Å². The van der Waals surface area contributed by atoms with Crippen LogP contribution in [0.2, 0.25) is 0 Å². The van der Waals surface area contributed by atoms with Crippen LogP contribution in [0.5, 0.6) is 0 Å². The molecular weight excluding hydrogens is 330 g/mol. The number of pyridine rings is 1. The Morgan fingerprint density at radius 1 is 1.19 bits per heavy atom. The van der Waals surface area contributed by atoms with Gasteiger partial charge in [-0.3, -0.25) is 4.90 Å². The summed E-state index contributed by atoms with van der Waals surface area (Å²) in [7, 11) is 3.76. The highest BCUT2D eigenvalue weighted by Crippen LogP contribution is 2.22. The second kappa shape index (κ2) is 7.49. The van der Waals surface area contributed by atoms with Crippen LogP contribution in [0.1, 0.15) is 24.4 Å². The second-order valence-corrected chi connectivity index (χ2v) is 6.46. The van der Waals surface area contributed by atoms with E-state index in [4.69, 9.17) is 11.0 Å². The molecule has 1 aliphatic rings. The number of nitrogens with two attached hydrogens (primary N) is 1. The van der Waals surface area contributed by atoms with Crippen LogP contribution in [0.15, 0.2) is 18.3 Å². The molecule has 0 saturated carbocycles. The Morgan fingerprint density at radius 3 is 2.58 bits per heavy atom. The van der Waals surface area contributed by atoms with Gasteiger partial charge in [0.05, 0.1) is 17.7 Å². The van der Waals surface area contributed by atoms with E-state index in [2.05, 4.69) is 42.7 Å². The molecule has 9 heteroatoms. The molecule has 0 aromatic carbocycles. The molecule has 1 fully saturated rings. The number of piperazine rings is 1. The van der Waals surface area contributed by atoms with Crippen molar-refractivity contribution >= 4 is 17.7 Å². The number of hydrogen-bond donors (Lipinski definition) is 1. The predicted octanol–water partition coefficient (Wildman–Crippen LogP) is 0.670. The van der Waals surface area contributed by atoms with Gasteiger partial charge < -0.3 is 15.5 Å². The molecular formula is C17H23N9. The summed E-state index contributed by atoms with van der Waals surface area (Å²) in [5, 5.41) is 9.05. The molecule has 1 saturated heterocycles. The third kappa shape index (κ3) is 3.81. The molecule has 1 aliphatic heterocycles. The number of hydrogen-bond acceptors (Lipinski definition) is 9. The van der Waals surface area contributed by atoms with Gasteiger partial charge >= 0.3 is 0 Å². The Labute approximate surface area is 153 Å². The molecule has 3 rings (SSSR count). The van der Waals surface area contributed by atoms with E-state index in [9.17, 15) is 0 Å². The highest BCUT2D eigenvalue weighted by Gasteiger charge is 2.25. The van der Waals surface area contributed by atoms with Crippen LogP contribution in [0.3, 0.4) is 0 Å². The van der Waals surface area contributed by atoms with E-state index < -0.39 is 0 Å². The Hall–Kier alpha value is -2.99. The van der Waals surface area contributed by atoms with E-state index in [1.165, 1.54) is 0 Å². The van der Waals surface area contributed by atoms with Crippen LogP contribution in [-0.2, 0) is 0 Å². The van der Waals surface area contributed by atoms with Gasteiger partial charge in [0, 0.05) is 46.5 Å². The van der Waals surface area contributed by atoms with Crippen LogP contribution < -0.4 is 15.5 Å². The van der Waals surface area contributed by atoms with Gasteiger partial charge in [-0.25, -0.2) is 4.98 Å². The molecule has 136 valence electrons.